The van der Waals surface area contributed by atoms with Crippen LogP contribution in [0, 0.1) is 12.3 Å². The van der Waals surface area contributed by atoms with Crippen molar-refractivity contribution in [2.45, 2.75) is 26.7 Å². The lowest BCUT2D eigenvalue weighted by Crippen LogP contribution is -2.45. The largest absolute Gasteiger partial charge is 0.364 e. The van der Waals surface area contributed by atoms with Crippen LogP contribution in [-0.2, 0) is 0 Å². The number of aromatic amines is 1. The second kappa shape index (κ2) is 5.17. The number of amides is 1. The van der Waals surface area contributed by atoms with Crippen molar-refractivity contribution >= 4 is 5.91 Å². The van der Waals surface area contributed by atoms with Crippen molar-refractivity contribution < 1.29 is 4.79 Å². The lowest BCUT2D eigenvalue weighted by atomic mass is 9.80. The summed E-state index contributed by atoms with van der Waals surface area (Å²) in [6.07, 6.45) is 3.29. The minimum Gasteiger partial charge on any atom is -0.364 e. The topological polar surface area (TPSA) is 79.2 Å². The summed E-state index contributed by atoms with van der Waals surface area (Å²) in [5, 5.41) is 0. The fourth-order valence-electron chi connectivity index (χ4n) is 2.36. The third-order valence-corrected chi connectivity index (χ3v) is 4.04. The van der Waals surface area contributed by atoms with E-state index in [1.807, 2.05) is 0 Å². The zero-order valence-electron chi connectivity index (χ0n) is 11.5. The Morgan fingerprint density at radius 1 is 1.47 bits per heavy atom. The van der Waals surface area contributed by atoms with Crippen LogP contribution in [0.25, 0.3) is 0 Å². The molecule has 0 bridgehead atoms. The predicted molar refractivity (Wildman–Crippen MR) is 74.1 cm³/mol. The number of carbonyl (C=O) groups excluding carboxylic acids is 1. The van der Waals surface area contributed by atoms with Gasteiger partial charge in [-0.1, -0.05) is 6.92 Å². The Balaban J connectivity index is 2.12. The minimum atomic E-state index is -0.214. The average molecular weight is 263 g/mol. The SMILES string of the molecule is Cc1cc(=O)c(C(=O)N2CCC(C)(CN)CC2)c[nH]1. The first-order valence-corrected chi connectivity index (χ1v) is 6.64. The summed E-state index contributed by atoms with van der Waals surface area (Å²) in [5.74, 6) is -0.180. The molecule has 5 nitrogen and oxygen atoms in total. The van der Waals surface area contributed by atoms with E-state index >= 15 is 0 Å². The molecule has 0 saturated carbocycles. The van der Waals surface area contributed by atoms with Crippen LogP contribution in [0.2, 0.25) is 0 Å². The molecule has 0 atom stereocenters. The number of H-pyrrole nitrogens is 1. The summed E-state index contributed by atoms with van der Waals surface area (Å²) in [6.45, 7) is 5.91. The second-order valence-corrected chi connectivity index (χ2v) is 5.70. The van der Waals surface area contributed by atoms with Crippen LogP contribution >= 0.6 is 0 Å². The first-order chi connectivity index (χ1) is 8.95. The summed E-state index contributed by atoms with van der Waals surface area (Å²) >= 11 is 0. The Hall–Kier alpha value is -1.62. The molecule has 0 spiro atoms. The second-order valence-electron chi connectivity index (χ2n) is 5.70. The van der Waals surface area contributed by atoms with Crippen LogP contribution < -0.4 is 11.2 Å². The van der Waals surface area contributed by atoms with E-state index in [4.69, 9.17) is 5.73 Å². The van der Waals surface area contributed by atoms with Gasteiger partial charge in [-0.15, -0.1) is 0 Å². The van der Waals surface area contributed by atoms with Crippen molar-refractivity contribution in [2.75, 3.05) is 19.6 Å². The van der Waals surface area contributed by atoms with Gasteiger partial charge in [0.05, 0.1) is 0 Å². The van der Waals surface area contributed by atoms with Crippen molar-refractivity contribution in [2.24, 2.45) is 11.1 Å². The third-order valence-electron chi connectivity index (χ3n) is 4.04. The predicted octanol–water partition coefficient (Wildman–Crippen LogP) is 0.884. The van der Waals surface area contributed by atoms with Crippen LogP contribution in [0.15, 0.2) is 17.1 Å². The van der Waals surface area contributed by atoms with E-state index in [9.17, 15) is 9.59 Å². The first kappa shape index (κ1) is 13.8. The van der Waals surface area contributed by atoms with E-state index < -0.39 is 0 Å². The van der Waals surface area contributed by atoms with Gasteiger partial charge >= 0.3 is 0 Å². The molecule has 0 unspecified atom stereocenters. The van der Waals surface area contributed by atoms with Gasteiger partial charge in [0.25, 0.3) is 5.91 Å². The molecule has 2 heterocycles. The molecule has 2 rings (SSSR count). The smallest absolute Gasteiger partial charge is 0.259 e. The number of nitrogens with one attached hydrogen (secondary N) is 1. The number of piperidine rings is 1. The lowest BCUT2D eigenvalue weighted by molar-refractivity contribution is 0.0616. The number of nitrogens with zero attached hydrogens (tertiary/aromatic N) is 1. The highest BCUT2D eigenvalue weighted by Crippen LogP contribution is 2.29. The van der Waals surface area contributed by atoms with Crippen molar-refractivity contribution in [3.8, 4) is 0 Å². The van der Waals surface area contributed by atoms with Crippen LogP contribution in [0.3, 0.4) is 0 Å². The number of hydrogen-bond acceptors (Lipinski definition) is 3. The zero-order valence-corrected chi connectivity index (χ0v) is 11.5. The molecular formula is C14H21N3O2. The summed E-state index contributed by atoms with van der Waals surface area (Å²) in [7, 11) is 0. The molecule has 0 aromatic carbocycles. The van der Waals surface area contributed by atoms with Crippen molar-refractivity contribution in [3.05, 3.63) is 33.7 Å². The van der Waals surface area contributed by atoms with Gasteiger partial charge in [-0.2, -0.15) is 0 Å². The summed E-state index contributed by atoms with van der Waals surface area (Å²) < 4.78 is 0. The van der Waals surface area contributed by atoms with E-state index in [-0.39, 0.29) is 22.3 Å². The van der Waals surface area contributed by atoms with E-state index in [0.717, 1.165) is 18.5 Å². The standard InChI is InChI=1S/C14H21N3O2/c1-10-7-12(18)11(8-16-10)13(19)17-5-3-14(2,9-15)4-6-17/h7-8H,3-6,9,15H2,1-2H3,(H,16,18). The highest BCUT2D eigenvalue weighted by Gasteiger charge is 2.31. The Morgan fingerprint density at radius 3 is 2.63 bits per heavy atom. The van der Waals surface area contributed by atoms with Crippen molar-refractivity contribution in [1.29, 1.82) is 0 Å². The Bertz CT molecular complexity index is 528. The summed E-state index contributed by atoms with van der Waals surface area (Å²) in [5.41, 5.74) is 6.64. The molecule has 19 heavy (non-hydrogen) atoms. The lowest BCUT2D eigenvalue weighted by Gasteiger charge is -2.38. The number of likely N-dealkylation sites (tertiary alicyclic amines) is 1. The normalized spacial score (nSPS) is 18.4. The molecule has 0 radical (unpaired) electrons. The van der Waals surface area contributed by atoms with Gasteiger partial charge in [-0.05, 0) is 31.7 Å². The molecular weight excluding hydrogens is 242 g/mol. The van der Waals surface area contributed by atoms with E-state index in [0.29, 0.717) is 19.6 Å². The molecule has 1 fully saturated rings. The number of hydrogen-bond donors (Lipinski definition) is 2. The molecule has 1 aromatic rings. The maximum Gasteiger partial charge on any atom is 0.259 e. The highest BCUT2D eigenvalue weighted by atomic mass is 16.2. The summed E-state index contributed by atoms with van der Waals surface area (Å²) in [6, 6.07) is 1.46. The molecule has 1 aromatic heterocycles. The maximum atomic E-state index is 12.3. The molecule has 1 aliphatic rings. The maximum absolute atomic E-state index is 12.3. The van der Waals surface area contributed by atoms with E-state index in [1.54, 1.807) is 11.8 Å². The monoisotopic (exact) mass is 263 g/mol. The Morgan fingerprint density at radius 2 is 2.11 bits per heavy atom. The van der Waals surface area contributed by atoms with Gasteiger partial charge in [0.15, 0.2) is 5.43 Å². The first-order valence-electron chi connectivity index (χ1n) is 6.64. The number of carbonyl (C=O) groups is 1. The van der Waals surface area contributed by atoms with E-state index in [1.165, 1.54) is 12.3 Å². The van der Waals surface area contributed by atoms with E-state index in [2.05, 4.69) is 11.9 Å². The summed E-state index contributed by atoms with van der Waals surface area (Å²) in [4.78, 5) is 28.8. The Kier molecular flexibility index (Phi) is 3.75. The number of aryl methyl sites for hydroxylation is 1. The third kappa shape index (κ3) is 2.87. The van der Waals surface area contributed by atoms with Crippen LogP contribution in [0.4, 0.5) is 0 Å². The zero-order chi connectivity index (χ0) is 14.0. The average Bonchev–Trinajstić information content (AvgIpc) is 2.39. The quantitative estimate of drug-likeness (QED) is 0.831. The highest BCUT2D eigenvalue weighted by molar-refractivity contribution is 5.93. The van der Waals surface area contributed by atoms with Gasteiger partial charge in [0, 0.05) is 31.0 Å². The van der Waals surface area contributed by atoms with Gasteiger partial charge in [0.2, 0.25) is 0 Å². The molecule has 1 saturated heterocycles. The molecule has 5 heteroatoms. The van der Waals surface area contributed by atoms with Gasteiger partial charge in [-0.25, -0.2) is 0 Å². The van der Waals surface area contributed by atoms with Gasteiger partial charge < -0.3 is 15.6 Å². The van der Waals surface area contributed by atoms with Gasteiger partial charge in [-0.3, -0.25) is 9.59 Å². The van der Waals surface area contributed by atoms with Crippen LogP contribution in [0.1, 0.15) is 35.8 Å². The number of rotatable bonds is 2. The number of aromatic nitrogens is 1. The van der Waals surface area contributed by atoms with Crippen LogP contribution in [0.5, 0.6) is 0 Å². The minimum absolute atomic E-state index is 0.122. The fourth-order valence-corrected chi connectivity index (χ4v) is 2.36. The molecule has 0 aliphatic carbocycles. The molecule has 3 N–H and O–H groups in total. The molecule has 104 valence electrons. The molecule has 1 amide bonds. The van der Waals surface area contributed by atoms with Crippen LogP contribution in [-0.4, -0.2) is 35.4 Å². The van der Waals surface area contributed by atoms with Gasteiger partial charge in [0.1, 0.15) is 5.56 Å². The van der Waals surface area contributed by atoms with Crippen molar-refractivity contribution in [3.63, 3.8) is 0 Å². The molecule has 1 aliphatic heterocycles. The number of nitrogens with two attached hydrogens (primary N) is 1. The number of pyridine rings is 1. The Labute approximate surface area is 112 Å². The van der Waals surface area contributed by atoms with Crippen molar-refractivity contribution in [1.82, 2.24) is 9.88 Å². The fraction of sp³-hybridized carbons (Fsp3) is 0.571.